The van der Waals surface area contributed by atoms with Gasteiger partial charge in [-0.1, -0.05) is 36.4 Å². The summed E-state index contributed by atoms with van der Waals surface area (Å²) in [4.78, 5) is 3.75. The molecule has 0 amide bonds. The molecule has 0 saturated heterocycles. The lowest BCUT2D eigenvalue weighted by Gasteiger charge is -2.32. The van der Waals surface area contributed by atoms with Gasteiger partial charge in [-0.15, -0.1) is 11.3 Å². The number of rotatable bonds is 6. The summed E-state index contributed by atoms with van der Waals surface area (Å²) in [7, 11) is 0. The first-order chi connectivity index (χ1) is 10.7. The molecule has 0 radical (unpaired) electrons. The Labute approximate surface area is 142 Å². The first-order valence-corrected chi connectivity index (χ1v) is 9.14. The van der Waals surface area contributed by atoms with Gasteiger partial charge in [-0.25, -0.2) is 0 Å². The van der Waals surface area contributed by atoms with Crippen molar-refractivity contribution in [2.24, 2.45) is 0 Å². The molecule has 2 nitrogen and oxygen atoms in total. The van der Waals surface area contributed by atoms with E-state index >= 15 is 0 Å². The van der Waals surface area contributed by atoms with Crippen molar-refractivity contribution in [2.75, 3.05) is 0 Å². The van der Waals surface area contributed by atoms with E-state index in [0.717, 1.165) is 18.1 Å². The van der Waals surface area contributed by atoms with Crippen molar-refractivity contribution in [3.05, 3.63) is 58.3 Å². The molecular formula is C18H22N2S2. The van der Waals surface area contributed by atoms with Crippen LogP contribution < -0.4 is 5.32 Å². The second-order valence-electron chi connectivity index (χ2n) is 5.97. The van der Waals surface area contributed by atoms with E-state index in [1.165, 1.54) is 23.3 Å². The van der Waals surface area contributed by atoms with E-state index in [1.54, 1.807) is 0 Å². The minimum atomic E-state index is 0.387. The Morgan fingerprint density at radius 1 is 1.27 bits per heavy atom. The number of hydrogen-bond donors (Lipinski definition) is 1. The Hall–Kier alpha value is -1.39. The van der Waals surface area contributed by atoms with Gasteiger partial charge in [0, 0.05) is 29.9 Å². The maximum absolute atomic E-state index is 5.68. The summed E-state index contributed by atoms with van der Waals surface area (Å²) in [6, 6.07) is 15.9. The third-order valence-electron chi connectivity index (χ3n) is 3.97. The van der Waals surface area contributed by atoms with Crippen molar-refractivity contribution in [1.29, 1.82) is 0 Å². The molecule has 2 aromatic rings. The highest BCUT2D eigenvalue weighted by Crippen LogP contribution is 2.21. The van der Waals surface area contributed by atoms with Crippen LogP contribution in [-0.2, 0) is 13.0 Å². The molecule has 4 heteroatoms. The van der Waals surface area contributed by atoms with Crippen molar-refractivity contribution in [3.63, 3.8) is 0 Å². The topological polar surface area (TPSA) is 15.3 Å². The molecule has 0 spiro atoms. The maximum atomic E-state index is 5.68. The van der Waals surface area contributed by atoms with Crippen LogP contribution in [0.15, 0.2) is 47.8 Å². The lowest BCUT2D eigenvalue weighted by Crippen LogP contribution is -2.45. The molecular weight excluding hydrogens is 308 g/mol. The fourth-order valence-corrected chi connectivity index (χ4v) is 3.76. The maximum Gasteiger partial charge on any atom is 0.169 e. The van der Waals surface area contributed by atoms with Crippen molar-refractivity contribution in [3.8, 4) is 0 Å². The molecule has 0 aliphatic heterocycles. The Balaban J connectivity index is 1.70. The van der Waals surface area contributed by atoms with Crippen LogP contribution in [0.1, 0.15) is 30.2 Å². The second-order valence-corrected chi connectivity index (χ2v) is 7.39. The van der Waals surface area contributed by atoms with Crippen LogP contribution >= 0.6 is 23.6 Å². The Kier molecular flexibility index (Phi) is 5.11. The largest absolute Gasteiger partial charge is 0.360 e. The van der Waals surface area contributed by atoms with Crippen LogP contribution in [0.2, 0.25) is 0 Å². The first-order valence-electron chi connectivity index (χ1n) is 7.86. The average molecular weight is 331 g/mol. The number of thiophene rings is 1. The monoisotopic (exact) mass is 330 g/mol. The summed E-state index contributed by atoms with van der Waals surface area (Å²) in [6.45, 7) is 3.13. The molecule has 22 heavy (non-hydrogen) atoms. The standard InChI is InChI=1S/C18H22N2S2/c1-14(12-17-8-5-11-22-17)20(18(21)19-16-9-10-16)13-15-6-3-2-4-7-15/h2-8,11,14,16H,9-10,12-13H2,1H3,(H,19,21)/t14-/m1/s1. The van der Waals surface area contributed by atoms with Crippen LogP contribution in [0.25, 0.3) is 0 Å². The van der Waals surface area contributed by atoms with Gasteiger partial charge in [0.05, 0.1) is 0 Å². The van der Waals surface area contributed by atoms with Crippen LogP contribution in [0.3, 0.4) is 0 Å². The van der Waals surface area contributed by atoms with Crippen molar-refractivity contribution >= 4 is 28.7 Å². The van der Waals surface area contributed by atoms with Crippen molar-refractivity contribution in [1.82, 2.24) is 10.2 Å². The number of hydrogen-bond acceptors (Lipinski definition) is 2. The third-order valence-corrected chi connectivity index (χ3v) is 5.22. The van der Waals surface area contributed by atoms with Gasteiger partial charge in [0.25, 0.3) is 0 Å². The van der Waals surface area contributed by atoms with Crippen LogP contribution in [0.5, 0.6) is 0 Å². The first kappa shape index (κ1) is 15.5. The van der Waals surface area contributed by atoms with E-state index in [-0.39, 0.29) is 0 Å². The molecule has 1 heterocycles. The van der Waals surface area contributed by atoms with E-state index in [9.17, 15) is 0 Å². The molecule has 1 aromatic carbocycles. The summed E-state index contributed by atoms with van der Waals surface area (Å²) in [6.07, 6.45) is 3.54. The van der Waals surface area contributed by atoms with E-state index in [1.807, 2.05) is 11.3 Å². The zero-order valence-corrected chi connectivity index (χ0v) is 14.5. The zero-order chi connectivity index (χ0) is 15.4. The summed E-state index contributed by atoms with van der Waals surface area (Å²) >= 11 is 7.50. The van der Waals surface area contributed by atoms with Gasteiger partial charge in [-0.2, -0.15) is 0 Å². The molecule has 0 bridgehead atoms. The van der Waals surface area contributed by atoms with Crippen LogP contribution in [0.4, 0.5) is 0 Å². The highest BCUT2D eigenvalue weighted by molar-refractivity contribution is 7.80. The van der Waals surface area contributed by atoms with Gasteiger partial charge >= 0.3 is 0 Å². The summed E-state index contributed by atoms with van der Waals surface area (Å²) < 4.78 is 0. The van der Waals surface area contributed by atoms with Gasteiger partial charge in [0.15, 0.2) is 5.11 Å². The summed E-state index contributed by atoms with van der Waals surface area (Å²) in [5.41, 5.74) is 1.31. The van der Waals surface area contributed by atoms with Gasteiger partial charge in [0.1, 0.15) is 0 Å². The van der Waals surface area contributed by atoms with E-state index in [4.69, 9.17) is 12.2 Å². The number of nitrogens with one attached hydrogen (secondary N) is 1. The highest BCUT2D eigenvalue weighted by Gasteiger charge is 2.26. The lowest BCUT2D eigenvalue weighted by atomic mass is 10.1. The van der Waals surface area contributed by atoms with Gasteiger partial charge < -0.3 is 10.2 Å². The van der Waals surface area contributed by atoms with E-state index in [2.05, 4.69) is 65.0 Å². The number of thiocarbonyl (C=S) groups is 1. The SMILES string of the molecule is C[C@H](Cc1cccs1)N(Cc1ccccc1)C(=S)NC1CC1. The van der Waals surface area contributed by atoms with Crippen LogP contribution in [0, 0.1) is 0 Å². The van der Waals surface area contributed by atoms with Gasteiger partial charge in [-0.3, -0.25) is 0 Å². The smallest absolute Gasteiger partial charge is 0.169 e. The molecule has 1 N–H and O–H groups in total. The van der Waals surface area contributed by atoms with Crippen molar-refractivity contribution < 1.29 is 0 Å². The second kappa shape index (κ2) is 7.25. The van der Waals surface area contributed by atoms with Gasteiger partial charge in [0.2, 0.25) is 0 Å². The molecule has 1 saturated carbocycles. The summed E-state index contributed by atoms with van der Waals surface area (Å²) in [5, 5.41) is 6.54. The minimum Gasteiger partial charge on any atom is -0.360 e. The predicted molar refractivity (Wildman–Crippen MR) is 98.2 cm³/mol. The quantitative estimate of drug-likeness (QED) is 0.799. The average Bonchev–Trinajstić information content (AvgIpc) is 3.19. The minimum absolute atomic E-state index is 0.387. The molecule has 1 aliphatic carbocycles. The Morgan fingerprint density at radius 3 is 2.68 bits per heavy atom. The van der Waals surface area contributed by atoms with Gasteiger partial charge in [-0.05, 0) is 49.0 Å². The fraction of sp³-hybridized carbons (Fsp3) is 0.389. The number of nitrogens with zero attached hydrogens (tertiary/aromatic N) is 1. The predicted octanol–water partition coefficient (Wildman–Crippen LogP) is 4.22. The van der Waals surface area contributed by atoms with E-state index < -0.39 is 0 Å². The van der Waals surface area contributed by atoms with E-state index in [0.29, 0.717) is 12.1 Å². The molecule has 1 atom stereocenters. The van der Waals surface area contributed by atoms with Crippen LogP contribution in [-0.4, -0.2) is 22.1 Å². The van der Waals surface area contributed by atoms with Crippen molar-refractivity contribution in [2.45, 2.75) is 44.8 Å². The molecule has 0 unspecified atom stereocenters. The highest BCUT2D eigenvalue weighted by atomic mass is 32.1. The normalized spacial score (nSPS) is 15.3. The molecule has 1 aromatic heterocycles. The molecule has 1 fully saturated rings. The molecule has 3 rings (SSSR count). The third kappa shape index (κ3) is 4.31. The number of benzene rings is 1. The molecule has 1 aliphatic rings. The Bertz CT molecular complexity index is 591. The zero-order valence-electron chi connectivity index (χ0n) is 12.9. The fourth-order valence-electron chi connectivity index (χ4n) is 2.52. The Morgan fingerprint density at radius 2 is 2.05 bits per heavy atom. The summed E-state index contributed by atoms with van der Waals surface area (Å²) in [5.74, 6) is 0. The lowest BCUT2D eigenvalue weighted by molar-refractivity contribution is 0.317. The molecule has 116 valence electrons.